The van der Waals surface area contributed by atoms with Crippen molar-refractivity contribution >= 4 is 11.6 Å². The number of anilines is 1. The fourth-order valence-electron chi connectivity index (χ4n) is 1.85. The molecule has 18 heavy (non-hydrogen) atoms. The number of amides is 1. The van der Waals surface area contributed by atoms with Gasteiger partial charge in [0, 0.05) is 18.7 Å². The molecule has 0 spiro atoms. The van der Waals surface area contributed by atoms with Gasteiger partial charge in [-0.3, -0.25) is 4.79 Å². The number of carbonyl (C=O) groups is 1. The fourth-order valence-corrected chi connectivity index (χ4v) is 1.85. The number of hydrogen-bond donors (Lipinski definition) is 1. The van der Waals surface area contributed by atoms with Gasteiger partial charge in [0.05, 0.1) is 6.10 Å². The summed E-state index contributed by atoms with van der Waals surface area (Å²) < 4.78 is 11.1. The Bertz CT molecular complexity index is 383. The average Bonchev–Trinajstić information content (AvgIpc) is 2.91. The van der Waals surface area contributed by atoms with E-state index in [-0.39, 0.29) is 12.0 Å². The number of nitrogens with one attached hydrogen (secondary N) is 1. The average molecular weight is 249 g/mol. The highest BCUT2D eigenvalue weighted by molar-refractivity contribution is 5.90. The molecule has 0 bridgehead atoms. The maximum Gasteiger partial charge on any atom is 0.224 e. The lowest BCUT2D eigenvalue weighted by molar-refractivity contribution is -0.115. The predicted octanol–water partition coefficient (Wildman–Crippen LogP) is 2.59. The zero-order valence-electron chi connectivity index (χ0n) is 10.6. The number of benzene rings is 1. The standard InChI is InChI=1S/C14H19NO3/c1-2-14(16)15-11-5-7-12(8-6-11)18-10-13-4-3-9-17-13/h5-8,13H,2-4,9-10H2,1H3,(H,15,16)/t13-/m1/s1. The molecule has 0 aliphatic carbocycles. The second-order valence-corrected chi connectivity index (χ2v) is 4.37. The van der Waals surface area contributed by atoms with E-state index in [0.29, 0.717) is 13.0 Å². The van der Waals surface area contributed by atoms with E-state index in [4.69, 9.17) is 9.47 Å². The molecule has 4 heteroatoms. The summed E-state index contributed by atoms with van der Waals surface area (Å²) >= 11 is 0. The molecule has 1 atom stereocenters. The smallest absolute Gasteiger partial charge is 0.224 e. The van der Waals surface area contributed by atoms with E-state index in [1.807, 2.05) is 31.2 Å². The Labute approximate surface area is 107 Å². The molecule has 1 aliphatic heterocycles. The maximum atomic E-state index is 11.2. The molecule has 0 saturated carbocycles. The van der Waals surface area contributed by atoms with Gasteiger partial charge < -0.3 is 14.8 Å². The first-order valence-electron chi connectivity index (χ1n) is 6.42. The summed E-state index contributed by atoms with van der Waals surface area (Å²) in [5, 5.41) is 2.80. The summed E-state index contributed by atoms with van der Waals surface area (Å²) in [5.74, 6) is 0.822. The Kier molecular flexibility index (Phi) is 4.59. The SMILES string of the molecule is CCC(=O)Nc1ccc(OC[C@H]2CCCO2)cc1. The van der Waals surface area contributed by atoms with Crippen LogP contribution in [-0.2, 0) is 9.53 Å². The highest BCUT2D eigenvalue weighted by Gasteiger charge is 2.15. The molecule has 0 radical (unpaired) electrons. The predicted molar refractivity (Wildman–Crippen MR) is 69.8 cm³/mol. The Morgan fingerprint density at radius 1 is 1.44 bits per heavy atom. The van der Waals surface area contributed by atoms with Crippen molar-refractivity contribution in [1.29, 1.82) is 0 Å². The van der Waals surface area contributed by atoms with Crippen molar-refractivity contribution in [2.75, 3.05) is 18.5 Å². The number of hydrogen-bond acceptors (Lipinski definition) is 3. The van der Waals surface area contributed by atoms with Crippen molar-refractivity contribution in [3.63, 3.8) is 0 Å². The van der Waals surface area contributed by atoms with Crippen LogP contribution in [0.15, 0.2) is 24.3 Å². The van der Waals surface area contributed by atoms with Crippen LogP contribution in [0.1, 0.15) is 26.2 Å². The van der Waals surface area contributed by atoms with Crippen molar-refractivity contribution < 1.29 is 14.3 Å². The normalized spacial score (nSPS) is 18.6. The van der Waals surface area contributed by atoms with E-state index < -0.39 is 0 Å². The van der Waals surface area contributed by atoms with Crippen molar-refractivity contribution in [3.8, 4) is 5.75 Å². The lowest BCUT2D eigenvalue weighted by Gasteiger charge is -2.11. The van der Waals surface area contributed by atoms with Crippen LogP contribution in [0.25, 0.3) is 0 Å². The van der Waals surface area contributed by atoms with Crippen LogP contribution in [-0.4, -0.2) is 25.2 Å². The van der Waals surface area contributed by atoms with Gasteiger partial charge in [0.15, 0.2) is 0 Å². The van der Waals surface area contributed by atoms with Crippen molar-refractivity contribution in [1.82, 2.24) is 0 Å². The summed E-state index contributed by atoms with van der Waals surface area (Å²) in [7, 11) is 0. The van der Waals surface area contributed by atoms with E-state index >= 15 is 0 Å². The van der Waals surface area contributed by atoms with Crippen LogP contribution in [0.3, 0.4) is 0 Å². The molecular weight excluding hydrogens is 230 g/mol. The second kappa shape index (κ2) is 6.40. The van der Waals surface area contributed by atoms with Crippen molar-refractivity contribution in [3.05, 3.63) is 24.3 Å². The quantitative estimate of drug-likeness (QED) is 0.872. The van der Waals surface area contributed by atoms with Crippen LogP contribution < -0.4 is 10.1 Å². The molecule has 1 aliphatic rings. The Hall–Kier alpha value is -1.55. The summed E-state index contributed by atoms with van der Waals surface area (Å²) in [6, 6.07) is 7.41. The molecule has 1 fully saturated rings. The molecule has 1 aromatic rings. The molecule has 1 amide bonds. The van der Waals surface area contributed by atoms with Crippen LogP contribution in [0.4, 0.5) is 5.69 Å². The lowest BCUT2D eigenvalue weighted by atomic mass is 10.2. The second-order valence-electron chi connectivity index (χ2n) is 4.37. The number of carbonyl (C=O) groups excluding carboxylic acids is 1. The van der Waals surface area contributed by atoms with Crippen molar-refractivity contribution in [2.24, 2.45) is 0 Å². The van der Waals surface area contributed by atoms with Gasteiger partial charge in [-0.15, -0.1) is 0 Å². The zero-order chi connectivity index (χ0) is 12.8. The first-order chi connectivity index (χ1) is 8.78. The van der Waals surface area contributed by atoms with Crippen LogP contribution in [0.2, 0.25) is 0 Å². The molecule has 1 saturated heterocycles. The minimum absolute atomic E-state index is 0.0167. The first-order valence-corrected chi connectivity index (χ1v) is 6.42. The van der Waals surface area contributed by atoms with Gasteiger partial charge >= 0.3 is 0 Å². The van der Waals surface area contributed by atoms with Gasteiger partial charge in [0.2, 0.25) is 5.91 Å². The Morgan fingerprint density at radius 2 is 2.22 bits per heavy atom. The van der Waals surface area contributed by atoms with Crippen molar-refractivity contribution in [2.45, 2.75) is 32.3 Å². The molecule has 0 unspecified atom stereocenters. The molecule has 4 nitrogen and oxygen atoms in total. The van der Waals surface area contributed by atoms with Crippen LogP contribution >= 0.6 is 0 Å². The summed E-state index contributed by atoms with van der Waals surface area (Å²) in [6.45, 7) is 3.27. The largest absolute Gasteiger partial charge is 0.491 e. The zero-order valence-corrected chi connectivity index (χ0v) is 10.6. The molecule has 1 N–H and O–H groups in total. The summed E-state index contributed by atoms with van der Waals surface area (Å²) in [6.07, 6.45) is 2.90. The molecule has 0 aromatic heterocycles. The van der Waals surface area contributed by atoms with Crippen LogP contribution in [0.5, 0.6) is 5.75 Å². The lowest BCUT2D eigenvalue weighted by Crippen LogP contribution is -2.16. The summed E-state index contributed by atoms with van der Waals surface area (Å²) in [5.41, 5.74) is 0.798. The highest BCUT2D eigenvalue weighted by atomic mass is 16.5. The fraction of sp³-hybridized carbons (Fsp3) is 0.500. The third-order valence-electron chi connectivity index (χ3n) is 2.92. The minimum Gasteiger partial charge on any atom is -0.491 e. The van der Waals surface area contributed by atoms with Gasteiger partial charge in [-0.2, -0.15) is 0 Å². The van der Waals surface area contributed by atoms with E-state index in [1.54, 1.807) is 0 Å². The highest BCUT2D eigenvalue weighted by Crippen LogP contribution is 2.18. The van der Waals surface area contributed by atoms with Gasteiger partial charge in [-0.1, -0.05) is 6.92 Å². The van der Waals surface area contributed by atoms with Gasteiger partial charge in [0.25, 0.3) is 0 Å². The molecule has 2 rings (SSSR count). The monoisotopic (exact) mass is 249 g/mol. The van der Waals surface area contributed by atoms with E-state index in [0.717, 1.165) is 30.9 Å². The van der Waals surface area contributed by atoms with Gasteiger partial charge in [-0.25, -0.2) is 0 Å². The number of ether oxygens (including phenoxy) is 2. The first kappa shape index (κ1) is 12.9. The molecule has 98 valence electrons. The minimum atomic E-state index is 0.0167. The number of rotatable bonds is 5. The van der Waals surface area contributed by atoms with Gasteiger partial charge in [0.1, 0.15) is 12.4 Å². The molecule has 1 heterocycles. The molecular formula is C14H19NO3. The Balaban J connectivity index is 1.81. The van der Waals surface area contributed by atoms with Crippen LogP contribution in [0, 0.1) is 0 Å². The van der Waals surface area contributed by atoms with E-state index in [9.17, 15) is 4.79 Å². The van der Waals surface area contributed by atoms with E-state index in [1.165, 1.54) is 0 Å². The third-order valence-corrected chi connectivity index (χ3v) is 2.92. The third kappa shape index (κ3) is 3.74. The van der Waals surface area contributed by atoms with E-state index in [2.05, 4.69) is 5.32 Å². The summed E-state index contributed by atoms with van der Waals surface area (Å²) in [4.78, 5) is 11.2. The maximum absolute atomic E-state index is 11.2. The Morgan fingerprint density at radius 3 is 2.83 bits per heavy atom. The van der Waals surface area contributed by atoms with Gasteiger partial charge in [-0.05, 0) is 37.1 Å². The topological polar surface area (TPSA) is 47.6 Å². The molecule has 1 aromatic carbocycles.